The van der Waals surface area contributed by atoms with Gasteiger partial charge in [0.05, 0.1) is 11.0 Å². The number of ether oxygens (including phenoxy) is 2. The molecule has 0 aliphatic carbocycles. The van der Waals surface area contributed by atoms with Crippen molar-refractivity contribution < 1.29 is 9.47 Å². The van der Waals surface area contributed by atoms with Crippen molar-refractivity contribution in [3.05, 3.63) is 90.5 Å². The van der Waals surface area contributed by atoms with Crippen LogP contribution >= 0.6 is 11.9 Å². The molecule has 0 unspecified atom stereocenters. The van der Waals surface area contributed by atoms with Gasteiger partial charge in [-0.25, -0.2) is 14.3 Å². The Morgan fingerprint density at radius 3 is 1.70 bits per heavy atom. The minimum Gasteiger partial charge on any atom is -0.492 e. The van der Waals surface area contributed by atoms with Gasteiger partial charge in [-0.15, -0.1) is 0 Å². The van der Waals surface area contributed by atoms with E-state index in [-0.39, 0.29) is 0 Å². The molecule has 0 atom stereocenters. The van der Waals surface area contributed by atoms with E-state index in [2.05, 4.69) is 45.5 Å². The second-order valence-corrected chi connectivity index (χ2v) is 9.82. The monoisotopic (exact) mass is 511 g/mol. The normalized spacial score (nSPS) is 11.3. The Morgan fingerprint density at radius 1 is 0.676 bits per heavy atom. The predicted molar refractivity (Wildman–Crippen MR) is 152 cm³/mol. The number of benzene rings is 3. The highest BCUT2D eigenvalue weighted by molar-refractivity contribution is 7.97. The Bertz CT molecular complexity index is 1420. The third kappa shape index (κ3) is 6.22. The third-order valence-electron chi connectivity index (χ3n) is 5.88. The molecule has 0 fully saturated rings. The zero-order chi connectivity index (χ0) is 25.6. The van der Waals surface area contributed by atoms with Crippen LogP contribution in [0.25, 0.3) is 21.8 Å². The van der Waals surface area contributed by atoms with Gasteiger partial charge in [0.1, 0.15) is 36.3 Å². The van der Waals surface area contributed by atoms with Crippen molar-refractivity contribution in [2.24, 2.45) is 0 Å². The number of fused-ring (bicyclic) bond motifs is 2. The van der Waals surface area contributed by atoms with Gasteiger partial charge < -0.3 is 20.9 Å². The molecule has 4 N–H and O–H groups in total. The molecule has 188 valence electrons. The van der Waals surface area contributed by atoms with Crippen molar-refractivity contribution >= 4 is 45.4 Å². The van der Waals surface area contributed by atoms with Crippen molar-refractivity contribution in [3.8, 4) is 11.5 Å². The summed E-state index contributed by atoms with van der Waals surface area (Å²) in [5.41, 5.74) is 14.6. The highest BCUT2D eigenvalue weighted by Gasteiger charge is 2.11. The summed E-state index contributed by atoms with van der Waals surface area (Å²) in [5, 5.41) is 1.89. The fourth-order valence-electron chi connectivity index (χ4n) is 4.00. The maximum absolute atomic E-state index is 6.18. The Hall–Kier alpha value is -4.01. The molecule has 5 aromatic rings. The van der Waals surface area contributed by atoms with Crippen molar-refractivity contribution in [3.63, 3.8) is 0 Å². The molecule has 0 aliphatic rings. The summed E-state index contributed by atoms with van der Waals surface area (Å²) < 4.78 is 14.6. The number of nitrogens with zero attached hydrogens (tertiary/aromatic N) is 3. The molecular formula is C29H29N5O2S. The summed E-state index contributed by atoms with van der Waals surface area (Å²) >= 11 is 1.69. The zero-order valence-electron chi connectivity index (χ0n) is 20.6. The van der Waals surface area contributed by atoms with E-state index in [0.717, 1.165) is 33.3 Å². The molecule has 0 radical (unpaired) electrons. The molecule has 37 heavy (non-hydrogen) atoms. The van der Waals surface area contributed by atoms with E-state index in [4.69, 9.17) is 20.9 Å². The molecule has 0 saturated heterocycles. The SMILES string of the molecule is Cc1ccc(SN(CCOc2cccc3nc(N)ccc23)CCOc2cccc3nc(N)ccc23)cc1. The lowest BCUT2D eigenvalue weighted by atomic mass is 10.2. The number of anilines is 2. The molecule has 2 aromatic heterocycles. The molecule has 0 bridgehead atoms. The standard InChI is InChI=1S/C29H29N5O2S/c1-20-8-10-21(11-9-20)37-34(16-18-35-26-6-2-4-24-22(26)12-14-28(30)32-24)17-19-36-27-7-3-5-25-23(27)13-15-29(31)33-25/h2-15H,16-19H2,1H3,(H2,30,32)(H2,31,33). The van der Waals surface area contributed by atoms with Crippen LogP contribution < -0.4 is 20.9 Å². The molecule has 0 amide bonds. The van der Waals surface area contributed by atoms with Crippen LogP contribution in [0.4, 0.5) is 11.6 Å². The number of aromatic nitrogens is 2. The predicted octanol–water partition coefficient (Wildman–Crippen LogP) is 5.72. The van der Waals surface area contributed by atoms with Crippen LogP contribution in [0.3, 0.4) is 0 Å². The topological polar surface area (TPSA) is 99.5 Å². The zero-order valence-corrected chi connectivity index (χ0v) is 21.4. The number of rotatable bonds is 10. The van der Waals surface area contributed by atoms with E-state index in [1.807, 2.05) is 48.5 Å². The van der Waals surface area contributed by atoms with E-state index in [9.17, 15) is 0 Å². The van der Waals surface area contributed by atoms with E-state index in [1.165, 1.54) is 10.5 Å². The lowest BCUT2D eigenvalue weighted by Gasteiger charge is -2.22. The van der Waals surface area contributed by atoms with E-state index < -0.39 is 0 Å². The van der Waals surface area contributed by atoms with E-state index >= 15 is 0 Å². The molecule has 0 saturated carbocycles. The Labute approximate surface area is 220 Å². The fraction of sp³-hybridized carbons (Fsp3) is 0.172. The van der Waals surface area contributed by atoms with E-state index in [1.54, 1.807) is 24.1 Å². The summed E-state index contributed by atoms with van der Waals surface area (Å²) in [4.78, 5) is 9.95. The summed E-state index contributed by atoms with van der Waals surface area (Å²) in [7, 11) is 0. The molecule has 2 heterocycles. The van der Waals surface area contributed by atoms with Crippen molar-refractivity contribution in [2.75, 3.05) is 37.8 Å². The van der Waals surface area contributed by atoms with Gasteiger partial charge in [-0.3, -0.25) is 0 Å². The van der Waals surface area contributed by atoms with Gasteiger partial charge >= 0.3 is 0 Å². The first-order chi connectivity index (χ1) is 18.0. The second kappa shape index (κ2) is 11.4. The average molecular weight is 512 g/mol. The number of pyridine rings is 2. The summed E-state index contributed by atoms with van der Waals surface area (Å²) in [6, 6.07) is 27.7. The second-order valence-electron chi connectivity index (χ2n) is 8.65. The van der Waals surface area contributed by atoms with Crippen LogP contribution in [0.15, 0.2) is 89.8 Å². The highest BCUT2D eigenvalue weighted by atomic mass is 32.2. The van der Waals surface area contributed by atoms with Gasteiger partial charge in [0.2, 0.25) is 0 Å². The maximum atomic E-state index is 6.18. The smallest absolute Gasteiger partial charge is 0.128 e. The Morgan fingerprint density at radius 2 is 1.19 bits per heavy atom. The summed E-state index contributed by atoms with van der Waals surface area (Å²) in [5.74, 6) is 2.58. The van der Waals surface area contributed by atoms with Gasteiger partial charge in [0, 0.05) is 28.8 Å². The molecule has 7 nitrogen and oxygen atoms in total. The van der Waals surface area contributed by atoms with Gasteiger partial charge in [-0.1, -0.05) is 29.8 Å². The number of aryl methyl sites for hydroxylation is 1. The Balaban J connectivity index is 1.25. The molecular weight excluding hydrogens is 482 g/mol. The minimum absolute atomic E-state index is 0.496. The first kappa shape index (κ1) is 24.7. The lowest BCUT2D eigenvalue weighted by Crippen LogP contribution is -2.26. The van der Waals surface area contributed by atoms with Crippen LogP contribution in [0.2, 0.25) is 0 Å². The molecule has 8 heteroatoms. The van der Waals surface area contributed by atoms with Crippen LogP contribution in [0.5, 0.6) is 11.5 Å². The molecule has 0 aliphatic heterocycles. The lowest BCUT2D eigenvalue weighted by molar-refractivity contribution is 0.249. The molecule has 0 spiro atoms. The van der Waals surface area contributed by atoms with Gasteiger partial charge in [0.15, 0.2) is 0 Å². The van der Waals surface area contributed by atoms with Crippen LogP contribution in [-0.2, 0) is 0 Å². The molecule has 5 rings (SSSR count). The maximum Gasteiger partial charge on any atom is 0.128 e. The Kier molecular flexibility index (Phi) is 7.58. The number of nitrogen functional groups attached to an aromatic ring is 2. The molecule has 3 aromatic carbocycles. The third-order valence-corrected chi connectivity index (χ3v) is 6.99. The van der Waals surface area contributed by atoms with Crippen LogP contribution in [-0.4, -0.2) is 40.6 Å². The van der Waals surface area contributed by atoms with Crippen molar-refractivity contribution in [1.29, 1.82) is 0 Å². The summed E-state index contributed by atoms with van der Waals surface area (Å²) in [6.45, 7) is 4.52. The number of nitrogens with two attached hydrogens (primary N) is 2. The largest absolute Gasteiger partial charge is 0.492 e. The first-order valence-electron chi connectivity index (χ1n) is 12.1. The van der Waals surface area contributed by atoms with Gasteiger partial charge in [-0.05, 0) is 79.5 Å². The summed E-state index contributed by atoms with van der Waals surface area (Å²) in [6.07, 6.45) is 0. The van der Waals surface area contributed by atoms with Crippen molar-refractivity contribution in [2.45, 2.75) is 11.8 Å². The number of hydrogen-bond donors (Lipinski definition) is 2. The highest BCUT2D eigenvalue weighted by Crippen LogP contribution is 2.28. The minimum atomic E-state index is 0.496. The quantitative estimate of drug-likeness (QED) is 0.230. The first-order valence-corrected chi connectivity index (χ1v) is 12.9. The van der Waals surface area contributed by atoms with Crippen LogP contribution in [0, 0.1) is 6.92 Å². The fourth-order valence-corrected chi connectivity index (χ4v) is 4.89. The van der Waals surface area contributed by atoms with Crippen molar-refractivity contribution in [1.82, 2.24) is 14.3 Å². The van der Waals surface area contributed by atoms with E-state index in [0.29, 0.717) is 37.9 Å². The number of hydrogen-bond acceptors (Lipinski definition) is 8. The van der Waals surface area contributed by atoms with Crippen LogP contribution in [0.1, 0.15) is 5.56 Å². The van der Waals surface area contributed by atoms with Gasteiger partial charge in [-0.2, -0.15) is 0 Å². The van der Waals surface area contributed by atoms with Gasteiger partial charge in [0.25, 0.3) is 0 Å². The average Bonchev–Trinajstić information content (AvgIpc) is 2.89.